The van der Waals surface area contributed by atoms with Crippen molar-refractivity contribution in [2.45, 2.75) is 38.6 Å². The van der Waals surface area contributed by atoms with Gasteiger partial charge in [-0.3, -0.25) is 0 Å². The van der Waals surface area contributed by atoms with Crippen LogP contribution < -0.4 is 10.0 Å². The monoisotopic (exact) mass is 316 g/mol. The van der Waals surface area contributed by atoms with Crippen molar-refractivity contribution in [1.29, 1.82) is 0 Å². The number of rotatable bonds is 11. The molecule has 0 amide bonds. The average molecular weight is 316 g/mol. The zero-order chi connectivity index (χ0) is 15.7. The van der Waals surface area contributed by atoms with Crippen LogP contribution in [-0.4, -0.2) is 51.0 Å². The molecule has 122 valence electrons. The predicted molar refractivity (Wildman–Crippen MR) is 85.8 cm³/mol. The first-order chi connectivity index (χ1) is 10.0. The Kier molecular flexibility index (Phi) is 7.95. The largest absolute Gasteiger partial charge is 0.363 e. The summed E-state index contributed by atoms with van der Waals surface area (Å²) >= 11 is 0. The molecule has 0 spiro atoms. The molecule has 0 saturated heterocycles. The lowest BCUT2D eigenvalue weighted by atomic mass is 10.4. The molecule has 0 radical (unpaired) electrons. The van der Waals surface area contributed by atoms with Crippen LogP contribution in [-0.2, 0) is 16.6 Å². The lowest BCUT2D eigenvalue weighted by Gasteiger charge is -2.17. The van der Waals surface area contributed by atoms with Gasteiger partial charge in [-0.15, -0.1) is 0 Å². The minimum Gasteiger partial charge on any atom is -0.363 e. The first kappa shape index (κ1) is 18.2. The van der Waals surface area contributed by atoms with E-state index in [0.29, 0.717) is 18.0 Å². The third kappa shape index (κ3) is 6.17. The van der Waals surface area contributed by atoms with Crippen molar-refractivity contribution in [3.05, 3.63) is 18.0 Å². The molecule has 1 heterocycles. The van der Waals surface area contributed by atoms with Gasteiger partial charge in [0.15, 0.2) is 0 Å². The molecule has 1 aromatic rings. The SMILES string of the molecule is CCNCc1cc(S(=O)(=O)NCCCN(CC)CC)c[nH]1. The number of nitrogens with one attached hydrogen (secondary N) is 3. The molecule has 6 nitrogen and oxygen atoms in total. The van der Waals surface area contributed by atoms with Crippen molar-refractivity contribution in [2.75, 3.05) is 32.7 Å². The molecule has 0 aliphatic heterocycles. The second-order valence-corrected chi connectivity index (χ2v) is 6.69. The summed E-state index contributed by atoms with van der Waals surface area (Å²) in [5, 5.41) is 3.15. The fourth-order valence-electron chi connectivity index (χ4n) is 2.07. The summed E-state index contributed by atoms with van der Waals surface area (Å²) in [4.78, 5) is 5.56. The van der Waals surface area contributed by atoms with E-state index in [-0.39, 0.29) is 0 Å². The first-order valence-corrected chi connectivity index (χ1v) is 9.11. The maximum absolute atomic E-state index is 12.1. The molecule has 1 aromatic heterocycles. The number of H-pyrrole nitrogens is 1. The Labute approximate surface area is 128 Å². The van der Waals surface area contributed by atoms with Gasteiger partial charge in [0.1, 0.15) is 0 Å². The summed E-state index contributed by atoms with van der Waals surface area (Å²) in [6.45, 7) is 11.1. The van der Waals surface area contributed by atoms with Gasteiger partial charge in [-0.05, 0) is 38.7 Å². The number of sulfonamides is 1. The summed E-state index contributed by atoms with van der Waals surface area (Å²) in [5.41, 5.74) is 0.875. The molecule has 1 rings (SSSR count). The van der Waals surface area contributed by atoms with Crippen molar-refractivity contribution < 1.29 is 8.42 Å². The fourth-order valence-corrected chi connectivity index (χ4v) is 3.16. The summed E-state index contributed by atoms with van der Waals surface area (Å²) in [6.07, 6.45) is 2.36. The molecule has 0 aliphatic carbocycles. The van der Waals surface area contributed by atoms with Gasteiger partial charge in [-0.1, -0.05) is 20.8 Å². The van der Waals surface area contributed by atoms with Crippen molar-refractivity contribution in [3.63, 3.8) is 0 Å². The van der Waals surface area contributed by atoms with E-state index in [0.717, 1.165) is 38.3 Å². The van der Waals surface area contributed by atoms with Gasteiger partial charge in [0.2, 0.25) is 10.0 Å². The second-order valence-electron chi connectivity index (χ2n) is 4.92. The number of nitrogens with zero attached hydrogens (tertiary/aromatic N) is 1. The number of hydrogen-bond acceptors (Lipinski definition) is 4. The van der Waals surface area contributed by atoms with E-state index in [1.165, 1.54) is 0 Å². The molecule has 0 bridgehead atoms. The smallest absolute Gasteiger partial charge is 0.242 e. The van der Waals surface area contributed by atoms with Gasteiger partial charge in [0.05, 0.1) is 4.90 Å². The van der Waals surface area contributed by atoms with E-state index >= 15 is 0 Å². The number of aromatic nitrogens is 1. The van der Waals surface area contributed by atoms with Crippen molar-refractivity contribution in [2.24, 2.45) is 0 Å². The molecule has 7 heteroatoms. The van der Waals surface area contributed by atoms with Crippen LogP contribution in [0.5, 0.6) is 0 Å². The van der Waals surface area contributed by atoms with Crippen LogP contribution in [0.2, 0.25) is 0 Å². The summed E-state index contributed by atoms with van der Waals surface area (Å²) in [7, 11) is -3.40. The highest BCUT2D eigenvalue weighted by atomic mass is 32.2. The van der Waals surface area contributed by atoms with Crippen molar-refractivity contribution >= 4 is 10.0 Å². The van der Waals surface area contributed by atoms with Crippen LogP contribution in [0.25, 0.3) is 0 Å². The summed E-state index contributed by atoms with van der Waals surface area (Å²) in [6, 6.07) is 1.68. The molecular weight excluding hydrogens is 288 g/mol. The quantitative estimate of drug-likeness (QED) is 0.535. The minimum atomic E-state index is -3.40. The average Bonchev–Trinajstić information content (AvgIpc) is 2.95. The predicted octanol–water partition coefficient (Wildman–Crippen LogP) is 1.13. The zero-order valence-electron chi connectivity index (χ0n) is 13.3. The van der Waals surface area contributed by atoms with Gasteiger partial charge in [0.25, 0.3) is 0 Å². The Hall–Kier alpha value is -0.890. The maximum atomic E-state index is 12.1. The molecule has 0 fully saturated rings. The highest BCUT2D eigenvalue weighted by Gasteiger charge is 2.15. The van der Waals surface area contributed by atoms with E-state index in [1.54, 1.807) is 12.3 Å². The van der Waals surface area contributed by atoms with E-state index in [9.17, 15) is 8.42 Å². The third-order valence-electron chi connectivity index (χ3n) is 3.43. The van der Waals surface area contributed by atoms with E-state index in [2.05, 4.69) is 33.8 Å². The molecule has 21 heavy (non-hydrogen) atoms. The fraction of sp³-hybridized carbons (Fsp3) is 0.714. The molecule has 0 unspecified atom stereocenters. The lowest BCUT2D eigenvalue weighted by Crippen LogP contribution is -2.29. The van der Waals surface area contributed by atoms with Crippen LogP contribution in [0.1, 0.15) is 32.9 Å². The Balaban J connectivity index is 2.44. The van der Waals surface area contributed by atoms with Crippen LogP contribution in [0.15, 0.2) is 17.2 Å². The summed E-state index contributed by atoms with van der Waals surface area (Å²) in [5.74, 6) is 0. The Morgan fingerprint density at radius 3 is 2.57 bits per heavy atom. The molecule has 0 atom stereocenters. The standard InChI is InChI=1S/C14H28N4O2S/c1-4-15-11-13-10-14(12-16-13)21(19,20)17-8-7-9-18(5-2)6-3/h10,12,15-17H,4-9,11H2,1-3H3. The van der Waals surface area contributed by atoms with Crippen molar-refractivity contribution in [1.82, 2.24) is 19.9 Å². The van der Waals surface area contributed by atoms with Crippen LogP contribution in [0, 0.1) is 0 Å². The van der Waals surface area contributed by atoms with Crippen LogP contribution in [0.3, 0.4) is 0 Å². The highest BCUT2D eigenvalue weighted by molar-refractivity contribution is 7.89. The van der Waals surface area contributed by atoms with E-state index in [1.807, 2.05) is 6.92 Å². The zero-order valence-corrected chi connectivity index (χ0v) is 14.1. The van der Waals surface area contributed by atoms with Gasteiger partial charge in [0, 0.05) is 25.0 Å². The normalized spacial score (nSPS) is 12.2. The molecular formula is C14H28N4O2S. The number of aromatic amines is 1. The topological polar surface area (TPSA) is 77.2 Å². The van der Waals surface area contributed by atoms with E-state index < -0.39 is 10.0 Å². The molecule has 0 saturated carbocycles. The lowest BCUT2D eigenvalue weighted by molar-refractivity contribution is 0.300. The second kappa shape index (κ2) is 9.19. The number of hydrogen-bond donors (Lipinski definition) is 3. The molecule has 0 aromatic carbocycles. The van der Waals surface area contributed by atoms with Gasteiger partial charge in [-0.25, -0.2) is 13.1 Å². The van der Waals surface area contributed by atoms with Gasteiger partial charge in [-0.2, -0.15) is 0 Å². The summed E-state index contributed by atoms with van der Waals surface area (Å²) < 4.78 is 26.9. The molecule has 3 N–H and O–H groups in total. The first-order valence-electron chi connectivity index (χ1n) is 7.63. The van der Waals surface area contributed by atoms with Gasteiger partial charge >= 0.3 is 0 Å². The molecule has 0 aliphatic rings. The third-order valence-corrected chi connectivity index (χ3v) is 4.87. The van der Waals surface area contributed by atoms with E-state index in [4.69, 9.17) is 0 Å². The van der Waals surface area contributed by atoms with Gasteiger partial charge < -0.3 is 15.2 Å². The maximum Gasteiger partial charge on any atom is 0.242 e. The Morgan fingerprint density at radius 1 is 1.24 bits per heavy atom. The van der Waals surface area contributed by atoms with Crippen LogP contribution in [0.4, 0.5) is 0 Å². The Bertz CT molecular complexity index is 495. The highest BCUT2D eigenvalue weighted by Crippen LogP contribution is 2.10. The Morgan fingerprint density at radius 2 is 1.95 bits per heavy atom. The minimum absolute atomic E-state index is 0.304. The van der Waals surface area contributed by atoms with Crippen LogP contribution >= 0.6 is 0 Å². The van der Waals surface area contributed by atoms with Crippen molar-refractivity contribution in [3.8, 4) is 0 Å².